The van der Waals surface area contributed by atoms with Crippen molar-refractivity contribution in [1.29, 1.82) is 0 Å². The molecule has 4 rings (SSSR count). The maximum Gasteiger partial charge on any atom is 0.237 e. The van der Waals surface area contributed by atoms with E-state index in [0.717, 1.165) is 21.3 Å². The van der Waals surface area contributed by atoms with Gasteiger partial charge in [-0.2, -0.15) is 4.98 Å². The molecule has 6 nitrogen and oxygen atoms in total. The fourth-order valence-corrected chi connectivity index (χ4v) is 3.77. The molecule has 0 saturated heterocycles. The minimum atomic E-state index is 0.511. The van der Waals surface area contributed by atoms with Gasteiger partial charge in [0.05, 0.1) is 16.3 Å². The van der Waals surface area contributed by atoms with Crippen molar-refractivity contribution < 1.29 is 4.52 Å². The van der Waals surface area contributed by atoms with Crippen LogP contribution in [0.1, 0.15) is 11.5 Å². The molecule has 0 saturated carbocycles. The van der Waals surface area contributed by atoms with E-state index in [1.165, 1.54) is 11.8 Å². The van der Waals surface area contributed by atoms with Crippen LogP contribution in [0, 0.1) is 6.92 Å². The molecule has 0 aliphatic rings. The Bertz CT molecular complexity index is 996. The quantitative estimate of drug-likeness (QED) is 0.463. The van der Waals surface area contributed by atoms with Crippen molar-refractivity contribution in [3.8, 4) is 16.4 Å². The highest BCUT2D eigenvalue weighted by Crippen LogP contribution is 2.27. The monoisotopic (exact) mass is 389 g/mol. The zero-order valence-corrected chi connectivity index (χ0v) is 15.5. The van der Waals surface area contributed by atoms with Gasteiger partial charge in [0.1, 0.15) is 6.33 Å². The second-order valence-corrected chi connectivity index (χ2v) is 7.49. The smallest absolute Gasteiger partial charge is 0.237 e. The Morgan fingerprint density at radius 1 is 1.32 bits per heavy atom. The number of thioether (sulfide) groups is 1. The molecule has 0 aliphatic carbocycles. The molecule has 3 aromatic heterocycles. The van der Waals surface area contributed by atoms with Crippen molar-refractivity contribution >= 4 is 34.7 Å². The Kier molecular flexibility index (Phi) is 4.56. The van der Waals surface area contributed by atoms with Crippen LogP contribution in [-0.4, -0.2) is 24.9 Å². The van der Waals surface area contributed by atoms with Crippen molar-refractivity contribution in [2.24, 2.45) is 0 Å². The number of benzene rings is 1. The Hall–Kier alpha value is -2.16. The fraction of sp³-hybridized carbons (Fsp3) is 0.125. The summed E-state index contributed by atoms with van der Waals surface area (Å²) in [5.41, 5.74) is 1.94. The summed E-state index contributed by atoms with van der Waals surface area (Å²) in [4.78, 5) is 5.40. The van der Waals surface area contributed by atoms with Gasteiger partial charge < -0.3 is 4.52 Å². The predicted molar refractivity (Wildman–Crippen MR) is 98.3 cm³/mol. The number of thiophene rings is 1. The van der Waals surface area contributed by atoms with Gasteiger partial charge in [-0.3, -0.25) is 4.57 Å². The third kappa shape index (κ3) is 3.46. The second-order valence-electron chi connectivity index (χ2n) is 5.19. The first-order valence-corrected chi connectivity index (χ1v) is 9.61. The van der Waals surface area contributed by atoms with Gasteiger partial charge in [0.2, 0.25) is 11.7 Å². The third-order valence-corrected chi connectivity index (χ3v) is 5.69. The molecule has 1 aromatic carbocycles. The number of aryl methyl sites for hydroxylation is 1. The van der Waals surface area contributed by atoms with Gasteiger partial charge in [0, 0.05) is 5.02 Å². The molecule has 0 fully saturated rings. The van der Waals surface area contributed by atoms with Crippen molar-refractivity contribution in [1.82, 2.24) is 24.9 Å². The molecule has 0 amide bonds. The fourth-order valence-electron chi connectivity index (χ4n) is 2.18. The van der Waals surface area contributed by atoms with E-state index in [-0.39, 0.29) is 0 Å². The lowest BCUT2D eigenvalue weighted by molar-refractivity contribution is 0.391. The van der Waals surface area contributed by atoms with Crippen LogP contribution in [-0.2, 0) is 5.75 Å². The summed E-state index contributed by atoms with van der Waals surface area (Å²) < 4.78 is 7.19. The van der Waals surface area contributed by atoms with Gasteiger partial charge in [-0.15, -0.1) is 21.5 Å². The Morgan fingerprint density at radius 3 is 3.04 bits per heavy atom. The Morgan fingerprint density at radius 2 is 2.24 bits per heavy atom. The third-order valence-electron chi connectivity index (χ3n) is 3.48. The first-order valence-electron chi connectivity index (χ1n) is 7.36. The number of aromatic nitrogens is 5. The molecular weight excluding hydrogens is 378 g/mol. The van der Waals surface area contributed by atoms with Crippen molar-refractivity contribution in [3.05, 3.63) is 58.5 Å². The maximum atomic E-state index is 6.21. The SMILES string of the molecule is Cc1ccc(-n2cnnc2SCc2nc(-c3cccs3)no2)cc1Cl. The number of halogens is 1. The lowest BCUT2D eigenvalue weighted by atomic mass is 10.2. The second kappa shape index (κ2) is 6.99. The highest BCUT2D eigenvalue weighted by molar-refractivity contribution is 7.98. The van der Waals surface area contributed by atoms with E-state index < -0.39 is 0 Å². The highest BCUT2D eigenvalue weighted by atomic mass is 35.5. The van der Waals surface area contributed by atoms with Crippen LogP contribution in [0.3, 0.4) is 0 Å². The standard InChI is InChI=1S/C16H12ClN5OS2/c1-10-4-5-11(7-12(10)17)22-9-18-20-16(22)25-8-14-19-15(21-23-14)13-3-2-6-24-13/h2-7,9H,8H2,1H3. The number of rotatable bonds is 5. The molecule has 0 N–H and O–H groups in total. The normalized spacial score (nSPS) is 11.1. The lowest BCUT2D eigenvalue weighted by Gasteiger charge is -2.07. The summed E-state index contributed by atoms with van der Waals surface area (Å²) >= 11 is 9.27. The molecule has 0 radical (unpaired) electrons. The van der Waals surface area contributed by atoms with Gasteiger partial charge in [-0.1, -0.05) is 40.7 Å². The topological polar surface area (TPSA) is 69.6 Å². The molecule has 3 heterocycles. The van der Waals surface area contributed by atoms with E-state index in [1.807, 2.05) is 47.2 Å². The van der Waals surface area contributed by atoms with Crippen LogP contribution in [0.2, 0.25) is 5.02 Å². The van der Waals surface area contributed by atoms with Gasteiger partial charge in [0.15, 0.2) is 5.16 Å². The minimum Gasteiger partial charge on any atom is -0.338 e. The van der Waals surface area contributed by atoms with Gasteiger partial charge in [-0.25, -0.2) is 0 Å². The van der Waals surface area contributed by atoms with E-state index in [2.05, 4.69) is 20.3 Å². The number of hydrogen-bond acceptors (Lipinski definition) is 7. The van der Waals surface area contributed by atoms with Crippen molar-refractivity contribution in [3.63, 3.8) is 0 Å². The average molecular weight is 390 g/mol. The van der Waals surface area contributed by atoms with Crippen LogP contribution in [0.4, 0.5) is 0 Å². The molecule has 25 heavy (non-hydrogen) atoms. The molecule has 0 atom stereocenters. The zero-order chi connectivity index (χ0) is 17.2. The summed E-state index contributed by atoms with van der Waals surface area (Å²) in [6.45, 7) is 1.97. The minimum absolute atomic E-state index is 0.511. The van der Waals surface area contributed by atoms with Crippen LogP contribution >= 0.6 is 34.7 Å². The summed E-state index contributed by atoms with van der Waals surface area (Å²) in [7, 11) is 0. The van der Waals surface area contributed by atoms with Gasteiger partial charge >= 0.3 is 0 Å². The summed E-state index contributed by atoms with van der Waals surface area (Å²) in [6.07, 6.45) is 1.66. The van der Waals surface area contributed by atoms with Crippen LogP contribution in [0.5, 0.6) is 0 Å². The van der Waals surface area contributed by atoms with Crippen LogP contribution in [0.15, 0.2) is 51.7 Å². The van der Waals surface area contributed by atoms with E-state index in [9.17, 15) is 0 Å². The van der Waals surface area contributed by atoms with Crippen molar-refractivity contribution in [2.45, 2.75) is 17.8 Å². The molecule has 9 heteroatoms. The maximum absolute atomic E-state index is 6.21. The zero-order valence-electron chi connectivity index (χ0n) is 13.1. The van der Waals surface area contributed by atoms with Gasteiger partial charge in [0.25, 0.3) is 0 Å². The Balaban J connectivity index is 1.51. The first-order chi connectivity index (χ1) is 12.2. The molecule has 126 valence electrons. The van der Waals surface area contributed by atoms with Crippen molar-refractivity contribution in [2.75, 3.05) is 0 Å². The largest absolute Gasteiger partial charge is 0.338 e. The molecule has 0 aliphatic heterocycles. The molecular formula is C16H12ClN5OS2. The summed E-state index contributed by atoms with van der Waals surface area (Å²) in [5, 5.41) is 15.6. The first kappa shape index (κ1) is 16.3. The van der Waals surface area contributed by atoms with Crippen LogP contribution < -0.4 is 0 Å². The highest BCUT2D eigenvalue weighted by Gasteiger charge is 2.13. The number of nitrogens with zero attached hydrogens (tertiary/aromatic N) is 5. The average Bonchev–Trinajstić information content (AvgIpc) is 3.36. The van der Waals surface area contributed by atoms with Crippen LogP contribution in [0.25, 0.3) is 16.4 Å². The molecule has 0 bridgehead atoms. The molecule has 4 aromatic rings. The van der Waals surface area contributed by atoms with E-state index in [1.54, 1.807) is 17.7 Å². The molecule has 0 unspecified atom stereocenters. The lowest BCUT2D eigenvalue weighted by Crippen LogP contribution is -1.96. The number of hydrogen-bond donors (Lipinski definition) is 0. The Labute approximate surface area is 156 Å². The summed E-state index contributed by atoms with van der Waals surface area (Å²) in [5.74, 6) is 1.67. The molecule has 0 spiro atoms. The van der Waals surface area contributed by atoms with E-state index >= 15 is 0 Å². The van der Waals surface area contributed by atoms with E-state index in [0.29, 0.717) is 22.5 Å². The summed E-state index contributed by atoms with van der Waals surface area (Å²) in [6, 6.07) is 9.77. The van der Waals surface area contributed by atoms with Gasteiger partial charge in [-0.05, 0) is 36.1 Å². The van der Waals surface area contributed by atoms with E-state index in [4.69, 9.17) is 16.1 Å². The predicted octanol–water partition coefficient (Wildman–Crippen LogP) is 4.63.